The van der Waals surface area contributed by atoms with Gasteiger partial charge in [-0.3, -0.25) is 4.68 Å². The van der Waals surface area contributed by atoms with Gasteiger partial charge in [0.1, 0.15) is 0 Å². The highest BCUT2D eigenvalue weighted by Gasteiger charge is 2.13. The molecule has 3 nitrogen and oxygen atoms in total. The van der Waals surface area contributed by atoms with Crippen LogP contribution in [-0.4, -0.2) is 14.9 Å². The maximum atomic E-state index is 10.3. The first-order valence-corrected chi connectivity index (χ1v) is 7.26. The van der Waals surface area contributed by atoms with Crippen molar-refractivity contribution in [3.05, 3.63) is 51.3 Å². The normalized spacial score (nSPS) is 12.7. The van der Waals surface area contributed by atoms with Gasteiger partial charge in [-0.2, -0.15) is 5.10 Å². The Hall–Kier alpha value is -1.13. The quantitative estimate of drug-likeness (QED) is 0.937. The lowest BCUT2D eigenvalue weighted by Gasteiger charge is -2.12. The third kappa shape index (κ3) is 3.25. The fraction of sp³-hybridized carbons (Fsp3) is 0.400. The van der Waals surface area contributed by atoms with Gasteiger partial charge < -0.3 is 5.11 Å². The van der Waals surface area contributed by atoms with E-state index in [2.05, 4.69) is 34.0 Å². The number of aromatic nitrogens is 2. The Morgan fingerprint density at radius 3 is 2.68 bits per heavy atom. The summed E-state index contributed by atoms with van der Waals surface area (Å²) in [5.41, 5.74) is 4.22. The molecule has 1 heterocycles. The van der Waals surface area contributed by atoms with Gasteiger partial charge in [-0.1, -0.05) is 35.0 Å². The number of aliphatic hydroxyl groups excluding tert-OH is 1. The summed E-state index contributed by atoms with van der Waals surface area (Å²) < 4.78 is 2.88. The van der Waals surface area contributed by atoms with Crippen LogP contribution in [0.2, 0.25) is 0 Å². The number of nitrogens with zero attached hydrogens (tertiary/aromatic N) is 2. The van der Waals surface area contributed by atoms with Crippen molar-refractivity contribution in [1.29, 1.82) is 0 Å². The monoisotopic (exact) mass is 322 g/mol. The average Bonchev–Trinajstić information content (AvgIpc) is 2.73. The number of rotatable bonds is 4. The van der Waals surface area contributed by atoms with Crippen LogP contribution in [-0.2, 0) is 19.9 Å². The zero-order chi connectivity index (χ0) is 14.0. The minimum atomic E-state index is -0.503. The van der Waals surface area contributed by atoms with E-state index in [9.17, 15) is 5.11 Å². The van der Waals surface area contributed by atoms with Crippen molar-refractivity contribution in [1.82, 2.24) is 9.78 Å². The lowest BCUT2D eigenvalue weighted by Crippen LogP contribution is -2.06. The molecule has 0 aliphatic rings. The lowest BCUT2D eigenvalue weighted by molar-refractivity contribution is 0.175. The largest absolute Gasteiger partial charge is 0.388 e. The first-order valence-electron chi connectivity index (χ1n) is 6.47. The molecule has 1 atom stereocenters. The lowest BCUT2D eigenvalue weighted by atomic mass is 10.0. The average molecular weight is 323 g/mol. The Morgan fingerprint density at radius 2 is 2.11 bits per heavy atom. The van der Waals surface area contributed by atoms with Gasteiger partial charge in [0.25, 0.3) is 0 Å². The summed E-state index contributed by atoms with van der Waals surface area (Å²) in [7, 11) is 1.92. The summed E-state index contributed by atoms with van der Waals surface area (Å²) in [6, 6.07) is 8.04. The zero-order valence-electron chi connectivity index (χ0n) is 11.5. The molecule has 102 valence electrons. The Kier molecular flexibility index (Phi) is 4.42. The molecule has 2 aromatic rings. The van der Waals surface area contributed by atoms with E-state index in [1.807, 2.05) is 36.9 Å². The molecule has 0 aliphatic carbocycles. The highest BCUT2D eigenvalue weighted by Crippen LogP contribution is 2.24. The number of hydrogen-bond donors (Lipinski definition) is 1. The van der Waals surface area contributed by atoms with Gasteiger partial charge in [0.15, 0.2) is 0 Å². The third-order valence-electron chi connectivity index (χ3n) is 3.37. The molecule has 1 aromatic heterocycles. The van der Waals surface area contributed by atoms with Gasteiger partial charge in [-0.25, -0.2) is 0 Å². The molecule has 1 aromatic carbocycles. The molecule has 1 unspecified atom stereocenters. The van der Waals surface area contributed by atoms with E-state index in [-0.39, 0.29) is 0 Å². The summed E-state index contributed by atoms with van der Waals surface area (Å²) in [4.78, 5) is 0. The van der Waals surface area contributed by atoms with Gasteiger partial charge in [0.05, 0.1) is 11.8 Å². The molecule has 0 saturated carbocycles. The molecule has 0 saturated heterocycles. The number of hydrogen-bond acceptors (Lipinski definition) is 2. The predicted molar refractivity (Wildman–Crippen MR) is 80.1 cm³/mol. The summed E-state index contributed by atoms with van der Waals surface area (Å²) >= 11 is 3.50. The van der Waals surface area contributed by atoms with Crippen molar-refractivity contribution in [2.45, 2.75) is 32.8 Å². The van der Waals surface area contributed by atoms with Gasteiger partial charge in [0.2, 0.25) is 0 Å². The summed E-state index contributed by atoms with van der Waals surface area (Å²) in [5.74, 6) is 0. The van der Waals surface area contributed by atoms with Crippen molar-refractivity contribution < 1.29 is 5.11 Å². The van der Waals surface area contributed by atoms with Crippen molar-refractivity contribution in [2.75, 3.05) is 0 Å². The Balaban J connectivity index is 2.17. The fourth-order valence-corrected chi connectivity index (χ4v) is 2.46. The van der Waals surface area contributed by atoms with Gasteiger partial charge >= 0.3 is 0 Å². The molecule has 2 rings (SSSR count). The van der Waals surface area contributed by atoms with Crippen molar-refractivity contribution in [2.24, 2.45) is 7.05 Å². The predicted octanol–water partition coefficient (Wildman–Crippen LogP) is 3.33. The highest BCUT2D eigenvalue weighted by atomic mass is 79.9. The summed E-state index contributed by atoms with van der Waals surface area (Å²) in [6.45, 7) is 4.12. The van der Waals surface area contributed by atoms with E-state index >= 15 is 0 Å². The second-order valence-corrected chi connectivity index (χ2v) is 5.69. The van der Waals surface area contributed by atoms with E-state index in [4.69, 9.17) is 0 Å². The SMILES string of the molecule is CCc1cc(CC(O)c2ccc(C)c(Br)c2)n(C)n1. The second kappa shape index (κ2) is 5.88. The first kappa shape index (κ1) is 14.3. The molecular formula is C15H19BrN2O. The minimum Gasteiger partial charge on any atom is -0.388 e. The zero-order valence-corrected chi connectivity index (χ0v) is 13.1. The van der Waals surface area contributed by atoms with E-state index in [0.29, 0.717) is 6.42 Å². The maximum absolute atomic E-state index is 10.3. The van der Waals surface area contributed by atoms with Crippen LogP contribution in [0.15, 0.2) is 28.7 Å². The minimum absolute atomic E-state index is 0.503. The standard InChI is InChI=1S/C15H19BrN2O/c1-4-12-8-13(18(3)17-12)9-15(19)11-6-5-10(2)14(16)7-11/h5-8,15,19H,4,9H2,1-3H3. The third-order valence-corrected chi connectivity index (χ3v) is 4.23. The summed E-state index contributed by atoms with van der Waals surface area (Å²) in [5, 5.41) is 14.7. The van der Waals surface area contributed by atoms with Crippen LogP contribution in [0.25, 0.3) is 0 Å². The first-order chi connectivity index (χ1) is 9.01. The number of aliphatic hydroxyl groups is 1. The smallest absolute Gasteiger partial charge is 0.0845 e. The molecule has 0 bridgehead atoms. The topological polar surface area (TPSA) is 38.0 Å². The number of halogens is 1. The van der Waals surface area contributed by atoms with E-state index in [1.54, 1.807) is 0 Å². The number of aryl methyl sites for hydroxylation is 3. The van der Waals surface area contributed by atoms with Crippen molar-refractivity contribution >= 4 is 15.9 Å². The van der Waals surface area contributed by atoms with Crippen LogP contribution in [0, 0.1) is 6.92 Å². The van der Waals surface area contributed by atoms with Crippen LogP contribution in [0.3, 0.4) is 0 Å². The molecule has 0 amide bonds. The maximum Gasteiger partial charge on any atom is 0.0845 e. The van der Waals surface area contributed by atoms with E-state index in [1.165, 1.54) is 5.56 Å². The van der Waals surface area contributed by atoms with E-state index < -0.39 is 6.10 Å². The van der Waals surface area contributed by atoms with Crippen LogP contribution >= 0.6 is 15.9 Å². The molecule has 0 fully saturated rings. The van der Waals surface area contributed by atoms with Gasteiger partial charge in [0, 0.05) is 23.6 Å². The van der Waals surface area contributed by atoms with E-state index in [0.717, 1.165) is 27.8 Å². The fourth-order valence-electron chi connectivity index (χ4n) is 2.07. The van der Waals surface area contributed by atoms with Crippen LogP contribution in [0.4, 0.5) is 0 Å². The summed E-state index contributed by atoms with van der Waals surface area (Å²) in [6.07, 6.45) is 0.996. The van der Waals surface area contributed by atoms with Gasteiger partial charge in [-0.15, -0.1) is 0 Å². The Morgan fingerprint density at radius 1 is 1.37 bits per heavy atom. The van der Waals surface area contributed by atoms with Crippen molar-refractivity contribution in [3.63, 3.8) is 0 Å². The molecule has 4 heteroatoms. The highest BCUT2D eigenvalue weighted by molar-refractivity contribution is 9.10. The van der Waals surface area contributed by atoms with Crippen LogP contribution in [0.1, 0.15) is 35.5 Å². The molecule has 1 N–H and O–H groups in total. The van der Waals surface area contributed by atoms with Crippen molar-refractivity contribution in [3.8, 4) is 0 Å². The van der Waals surface area contributed by atoms with Crippen LogP contribution in [0.5, 0.6) is 0 Å². The Bertz CT molecular complexity index is 578. The molecule has 0 aliphatic heterocycles. The van der Waals surface area contributed by atoms with Crippen LogP contribution < -0.4 is 0 Å². The van der Waals surface area contributed by atoms with Gasteiger partial charge in [-0.05, 0) is 36.6 Å². The second-order valence-electron chi connectivity index (χ2n) is 4.83. The molecule has 0 radical (unpaired) electrons. The number of benzene rings is 1. The molecule has 0 spiro atoms. The molecular weight excluding hydrogens is 304 g/mol. The molecule has 19 heavy (non-hydrogen) atoms. The Labute approximate surface area is 122 Å².